The summed E-state index contributed by atoms with van der Waals surface area (Å²) >= 11 is 0. The van der Waals surface area contributed by atoms with Gasteiger partial charge in [-0.05, 0) is 30.5 Å². The summed E-state index contributed by atoms with van der Waals surface area (Å²) in [5, 5.41) is 0. The van der Waals surface area contributed by atoms with Crippen LogP contribution in [0.5, 0.6) is 0 Å². The molecule has 4 heteroatoms. The molecule has 19 heavy (non-hydrogen) atoms. The van der Waals surface area contributed by atoms with E-state index >= 15 is 0 Å². The molecule has 0 radical (unpaired) electrons. The lowest BCUT2D eigenvalue weighted by Crippen LogP contribution is -2.23. The van der Waals surface area contributed by atoms with Gasteiger partial charge in [0.2, 0.25) is 0 Å². The summed E-state index contributed by atoms with van der Waals surface area (Å²) in [5.74, 6) is 5.06. The topological polar surface area (TPSA) is 44.5 Å². The minimum absolute atomic E-state index is 0.224. The average molecular weight is 263 g/mol. The average Bonchev–Trinajstić information content (AvgIpc) is 2.46. The molecule has 3 nitrogen and oxygen atoms in total. The number of hydrogen-bond acceptors (Lipinski definition) is 3. The molecule has 1 aromatic rings. The van der Waals surface area contributed by atoms with Gasteiger partial charge < -0.3 is 15.2 Å². The molecular weight excluding hydrogens is 245 g/mol. The highest BCUT2D eigenvalue weighted by Gasteiger charge is 2.14. The van der Waals surface area contributed by atoms with Crippen molar-refractivity contribution in [2.24, 2.45) is 5.73 Å². The van der Waals surface area contributed by atoms with E-state index in [1.165, 1.54) is 6.07 Å². The number of benzene rings is 1. The molecule has 0 aliphatic carbocycles. The van der Waals surface area contributed by atoms with Gasteiger partial charge in [0.15, 0.2) is 0 Å². The van der Waals surface area contributed by atoms with Gasteiger partial charge in [0.1, 0.15) is 5.82 Å². The van der Waals surface area contributed by atoms with E-state index < -0.39 is 0 Å². The first kappa shape index (κ1) is 14.0. The molecule has 1 aromatic carbocycles. The minimum Gasteiger partial charge on any atom is -0.381 e. The minimum atomic E-state index is -0.323. The molecule has 0 spiro atoms. The lowest BCUT2D eigenvalue weighted by molar-refractivity contribution is -0.0390. The van der Waals surface area contributed by atoms with Crippen molar-refractivity contribution in [1.82, 2.24) is 0 Å². The largest absolute Gasteiger partial charge is 0.381 e. The molecule has 0 unspecified atom stereocenters. The van der Waals surface area contributed by atoms with Crippen molar-refractivity contribution >= 4 is 0 Å². The molecule has 2 rings (SSSR count). The fraction of sp³-hybridized carbons (Fsp3) is 0.467. The van der Waals surface area contributed by atoms with E-state index in [-0.39, 0.29) is 18.5 Å². The van der Waals surface area contributed by atoms with Crippen LogP contribution in [-0.2, 0) is 16.1 Å². The number of halogens is 1. The molecule has 102 valence electrons. The monoisotopic (exact) mass is 263 g/mol. The molecule has 0 amide bonds. The van der Waals surface area contributed by atoms with Crippen LogP contribution in [0.3, 0.4) is 0 Å². The molecular formula is C15H18FNO2. The van der Waals surface area contributed by atoms with Gasteiger partial charge in [-0.2, -0.15) is 0 Å². The predicted molar refractivity (Wildman–Crippen MR) is 71.0 cm³/mol. The normalized spacial score (nSPS) is 15.9. The number of nitrogens with two attached hydrogens (primary N) is 1. The van der Waals surface area contributed by atoms with E-state index in [9.17, 15) is 4.39 Å². The lowest BCUT2D eigenvalue weighted by Gasteiger charge is -2.22. The Labute approximate surface area is 112 Å². The maximum absolute atomic E-state index is 13.5. The summed E-state index contributed by atoms with van der Waals surface area (Å²) < 4.78 is 24.6. The second-order valence-corrected chi connectivity index (χ2v) is 4.44. The van der Waals surface area contributed by atoms with Crippen molar-refractivity contribution in [3.63, 3.8) is 0 Å². The van der Waals surface area contributed by atoms with Gasteiger partial charge >= 0.3 is 0 Å². The standard InChI is InChI=1S/C15H18FNO2/c16-15-4-3-12(10-13(15)2-1-7-17)11-19-14-5-8-18-9-6-14/h3-4,10,14H,5-9,11,17H2. The maximum atomic E-state index is 13.5. The summed E-state index contributed by atoms with van der Waals surface area (Å²) in [6.07, 6.45) is 2.07. The SMILES string of the molecule is NCC#Cc1cc(COC2CCOCC2)ccc1F. The maximum Gasteiger partial charge on any atom is 0.138 e. The third-order valence-electron chi connectivity index (χ3n) is 3.01. The zero-order chi connectivity index (χ0) is 13.5. The molecule has 1 saturated heterocycles. The molecule has 0 bridgehead atoms. The quantitative estimate of drug-likeness (QED) is 0.846. The van der Waals surface area contributed by atoms with Crippen LogP contribution in [0, 0.1) is 17.7 Å². The van der Waals surface area contributed by atoms with Gasteiger partial charge in [0.25, 0.3) is 0 Å². The van der Waals surface area contributed by atoms with Gasteiger partial charge in [-0.15, -0.1) is 0 Å². The second kappa shape index (κ2) is 7.25. The van der Waals surface area contributed by atoms with Crippen molar-refractivity contribution in [1.29, 1.82) is 0 Å². The Morgan fingerprint density at radius 2 is 2.16 bits per heavy atom. The summed E-state index contributed by atoms with van der Waals surface area (Å²) in [6, 6.07) is 4.86. The third kappa shape index (κ3) is 4.32. The van der Waals surface area contributed by atoms with Crippen LogP contribution in [0.2, 0.25) is 0 Å². The smallest absolute Gasteiger partial charge is 0.138 e. The molecule has 1 aliphatic rings. The lowest BCUT2D eigenvalue weighted by atomic mass is 10.1. The summed E-state index contributed by atoms with van der Waals surface area (Å²) in [4.78, 5) is 0. The van der Waals surface area contributed by atoms with Crippen LogP contribution in [0.1, 0.15) is 24.0 Å². The molecule has 0 aromatic heterocycles. The van der Waals surface area contributed by atoms with E-state index in [2.05, 4.69) is 11.8 Å². The number of ether oxygens (including phenoxy) is 2. The summed E-state index contributed by atoms with van der Waals surface area (Å²) in [5.41, 5.74) is 6.59. The number of hydrogen-bond donors (Lipinski definition) is 1. The highest BCUT2D eigenvalue weighted by molar-refractivity contribution is 5.38. The fourth-order valence-corrected chi connectivity index (χ4v) is 1.96. The predicted octanol–water partition coefficient (Wildman–Crippen LogP) is 1.83. The third-order valence-corrected chi connectivity index (χ3v) is 3.01. The van der Waals surface area contributed by atoms with Gasteiger partial charge in [-0.1, -0.05) is 17.9 Å². The van der Waals surface area contributed by atoms with Gasteiger partial charge in [-0.25, -0.2) is 4.39 Å². The van der Waals surface area contributed by atoms with Crippen molar-refractivity contribution in [3.05, 3.63) is 35.1 Å². The zero-order valence-corrected chi connectivity index (χ0v) is 10.8. The molecule has 0 saturated carbocycles. The number of rotatable bonds is 3. The van der Waals surface area contributed by atoms with Crippen LogP contribution in [0.4, 0.5) is 4.39 Å². The van der Waals surface area contributed by atoms with E-state index in [1.807, 2.05) is 0 Å². The first-order valence-corrected chi connectivity index (χ1v) is 6.46. The van der Waals surface area contributed by atoms with Gasteiger partial charge in [0.05, 0.1) is 24.8 Å². The van der Waals surface area contributed by atoms with E-state index in [4.69, 9.17) is 15.2 Å². The fourth-order valence-electron chi connectivity index (χ4n) is 1.96. The first-order chi connectivity index (χ1) is 9.29. The van der Waals surface area contributed by atoms with Crippen molar-refractivity contribution < 1.29 is 13.9 Å². The van der Waals surface area contributed by atoms with Gasteiger partial charge in [0, 0.05) is 13.2 Å². The Kier molecular flexibility index (Phi) is 5.34. The molecule has 1 aliphatic heterocycles. The Morgan fingerprint density at radius 1 is 1.37 bits per heavy atom. The molecule has 0 atom stereocenters. The Hall–Kier alpha value is -1.41. The van der Waals surface area contributed by atoms with E-state index in [0.29, 0.717) is 12.2 Å². The van der Waals surface area contributed by atoms with Crippen molar-refractivity contribution in [2.45, 2.75) is 25.6 Å². The summed E-state index contributed by atoms with van der Waals surface area (Å²) in [7, 11) is 0. The van der Waals surface area contributed by atoms with Crippen LogP contribution < -0.4 is 5.73 Å². The Balaban J connectivity index is 1.96. The summed E-state index contributed by atoms with van der Waals surface area (Å²) in [6.45, 7) is 2.20. The second-order valence-electron chi connectivity index (χ2n) is 4.44. The Bertz CT molecular complexity index is 473. The van der Waals surface area contributed by atoms with Crippen molar-refractivity contribution in [3.8, 4) is 11.8 Å². The van der Waals surface area contributed by atoms with Gasteiger partial charge in [-0.3, -0.25) is 0 Å². The highest BCUT2D eigenvalue weighted by atomic mass is 19.1. The van der Waals surface area contributed by atoms with Crippen LogP contribution >= 0.6 is 0 Å². The highest BCUT2D eigenvalue weighted by Crippen LogP contribution is 2.15. The molecule has 1 heterocycles. The zero-order valence-electron chi connectivity index (χ0n) is 10.8. The van der Waals surface area contributed by atoms with Crippen LogP contribution in [0.15, 0.2) is 18.2 Å². The van der Waals surface area contributed by atoms with Crippen LogP contribution in [0.25, 0.3) is 0 Å². The van der Waals surface area contributed by atoms with Crippen molar-refractivity contribution in [2.75, 3.05) is 19.8 Å². The van der Waals surface area contributed by atoms with E-state index in [1.54, 1.807) is 12.1 Å². The first-order valence-electron chi connectivity index (χ1n) is 6.46. The van der Waals surface area contributed by atoms with E-state index in [0.717, 1.165) is 31.6 Å². The Morgan fingerprint density at radius 3 is 2.89 bits per heavy atom. The van der Waals surface area contributed by atoms with Crippen LogP contribution in [-0.4, -0.2) is 25.9 Å². The molecule has 2 N–H and O–H groups in total. The molecule has 1 fully saturated rings.